The van der Waals surface area contributed by atoms with E-state index in [1.54, 1.807) is 0 Å². The van der Waals surface area contributed by atoms with Crippen LogP contribution in [0.1, 0.15) is 25.1 Å². The van der Waals surface area contributed by atoms with Crippen LogP contribution in [0.25, 0.3) is 10.9 Å². The van der Waals surface area contributed by atoms with E-state index in [-0.39, 0.29) is 0 Å². The highest BCUT2D eigenvalue weighted by Crippen LogP contribution is 2.16. The first-order valence-electron chi connectivity index (χ1n) is 5.10. The number of aryl methyl sites for hydroxylation is 2. The number of fused-ring (bicyclic) bond motifs is 1. The molecule has 1 heterocycles. The van der Waals surface area contributed by atoms with E-state index >= 15 is 0 Å². The number of pyridine rings is 1. The van der Waals surface area contributed by atoms with Gasteiger partial charge in [-0.05, 0) is 31.5 Å². The summed E-state index contributed by atoms with van der Waals surface area (Å²) in [6, 6.07) is 10.3. The van der Waals surface area contributed by atoms with E-state index in [9.17, 15) is 0 Å². The third kappa shape index (κ3) is 2.11. The molecule has 0 bridgehead atoms. The maximum absolute atomic E-state index is 4.44. The Balaban J connectivity index is 0.000000461. The van der Waals surface area contributed by atoms with E-state index < -0.39 is 0 Å². The molecule has 2 rings (SSSR count). The quantitative estimate of drug-likeness (QED) is 0.610. The predicted molar refractivity (Wildman–Crippen MR) is 62.6 cm³/mol. The van der Waals surface area contributed by atoms with Crippen molar-refractivity contribution in [1.82, 2.24) is 4.98 Å². The van der Waals surface area contributed by atoms with Gasteiger partial charge in [0.15, 0.2) is 0 Å². The van der Waals surface area contributed by atoms with Crippen LogP contribution in [0.2, 0.25) is 0 Å². The lowest BCUT2D eigenvalue weighted by Crippen LogP contribution is -1.85. The number of para-hydroxylation sites is 1. The van der Waals surface area contributed by atoms with Gasteiger partial charge in [-0.3, -0.25) is 4.98 Å². The number of hydrogen-bond donors (Lipinski definition) is 0. The van der Waals surface area contributed by atoms with Crippen LogP contribution in [0.3, 0.4) is 0 Å². The first-order valence-corrected chi connectivity index (χ1v) is 5.10. The summed E-state index contributed by atoms with van der Waals surface area (Å²) >= 11 is 0. The maximum atomic E-state index is 4.44. The van der Waals surface area contributed by atoms with Gasteiger partial charge in [0, 0.05) is 11.1 Å². The first kappa shape index (κ1) is 10.7. The van der Waals surface area contributed by atoms with Crippen LogP contribution < -0.4 is 0 Å². The molecule has 0 amide bonds. The molecule has 0 atom stereocenters. The molecule has 0 aliphatic heterocycles. The van der Waals surface area contributed by atoms with Gasteiger partial charge in [-0.25, -0.2) is 0 Å². The minimum atomic E-state index is 1.09. The van der Waals surface area contributed by atoms with Crippen LogP contribution in [0.4, 0.5) is 0 Å². The maximum Gasteiger partial charge on any atom is 0.0707 e. The molecule has 0 unspecified atom stereocenters. The number of benzene rings is 1. The average Bonchev–Trinajstić information content (AvgIpc) is 2.20. The standard InChI is InChI=1S/C11H11N.C2H6/c1-8-7-9(2)12-11-6-4-3-5-10(8)11;1-2/h3-7H,1-2H3;1-2H3. The average molecular weight is 187 g/mol. The van der Waals surface area contributed by atoms with Crippen molar-refractivity contribution in [2.75, 3.05) is 0 Å². The van der Waals surface area contributed by atoms with Crippen LogP contribution in [0.5, 0.6) is 0 Å². The summed E-state index contributed by atoms with van der Waals surface area (Å²) < 4.78 is 0. The third-order valence-electron chi connectivity index (χ3n) is 2.05. The van der Waals surface area contributed by atoms with Crippen molar-refractivity contribution in [3.63, 3.8) is 0 Å². The molecule has 0 fully saturated rings. The molecule has 2 aromatic rings. The monoisotopic (exact) mass is 187 g/mol. The van der Waals surface area contributed by atoms with E-state index in [4.69, 9.17) is 0 Å². The van der Waals surface area contributed by atoms with Crippen molar-refractivity contribution in [3.05, 3.63) is 41.6 Å². The Hall–Kier alpha value is -1.37. The van der Waals surface area contributed by atoms with E-state index in [1.807, 2.05) is 32.9 Å². The Bertz CT molecular complexity index is 419. The van der Waals surface area contributed by atoms with Crippen molar-refractivity contribution in [2.24, 2.45) is 0 Å². The third-order valence-corrected chi connectivity index (χ3v) is 2.05. The zero-order valence-corrected chi connectivity index (χ0v) is 9.33. The first-order chi connectivity index (χ1) is 6.77. The van der Waals surface area contributed by atoms with Gasteiger partial charge in [-0.15, -0.1) is 0 Å². The lowest BCUT2D eigenvalue weighted by atomic mass is 10.1. The number of rotatable bonds is 0. The summed E-state index contributed by atoms with van der Waals surface area (Å²) in [5, 5.41) is 1.25. The van der Waals surface area contributed by atoms with E-state index in [1.165, 1.54) is 10.9 Å². The van der Waals surface area contributed by atoms with Gasteiger partial charge in [0.25, 0.3) is 0 Å². The van der Waals surface area contributed by atoms with Crippen molar-refractivity contribution < 1.29 is 0 Å². The van der Waals surface area contributed by atoms with Gasteiger partial charge < -0.3 is 0 Å². The number of nitrogens with zero attached hydrogens (tertiary/aromatic N) is 1. The zero-order valence-electron chi connectivity index (χ0n) is 9.33. The smallest absolute Gasteiger partial charge is 0.0707 e. The van der Waals surface area contributed by atoms with E-state index in [0.29, 0.717) is 0 Å². The fourth-order valence-electron chi connectivity index (χ4n) is 1.52. The summed E-state index contributed by atoms with van der Waals surface area (Å²) in [5.41, 5.74) is 3.49. The van der Waals surface area contributed by atoms with Crippen molar-refractivity contribution >= 4 is 10.9 Å². The lowest BCUT2D eigenvalue weighted by molar-refractivity contribution is 1.23. The molecule has 1 aromatic heterocycles. The molecular formula is C13H17N. The molecule has 1 nitrogen and oxygen atoms in total. The second-order valence-corrected chi connectivity index (χ2v) is 3.10. The second kappa shape index (κ2) is 4.75. The minimum Gasteiger partial charge on any atom is -0.253 e. The van der Waals surface area contributed by atoms with Gasteiger partial charge in [-0.1, -0.05) is 32.0 Å². The number of aromatic nitrogens is 1. The Morgan fingerprint density at radius 3 is 2.36 bits per heavy atom. The fraction of sp³-hybridized carbons (Fsp3) is 0.308. The minimum absolute atomic E-state index is 1.09. The van der Waals surface area contributed by atoms with Gasteiger partial charge in [0.05, 0.1) is 5.52 Å². The summed E-state index contributed by atoms with van der Waals surface area (Å²) in [7, 11) is 0. The van der Waals surface area contributed by atoms with Crippen LogP contribution >= 0.6 is 0 Å². The highest BCUT2D eigenvalue weighted by atomic mass is 14.7. The van der Waals surface area contributed by atoms with Gasteiger partial charge in [-0.2, -0.15) is 0 Å². The topological polar surface area (TPSA) is 12.9 Å². The molecule has 0 aliphatic carbocycles. The Kier molecular flexibility index (Phi) is 3.63. The molecule has 74 valence electrons. The molecule has 0 saturated carbocycles. The molecule has 1 aromatic carbocycles. The summed E-state index contributed by atoms with van der Waals surface area (Å²) in [5.74, 6) is 0. The largest absolute Gasteiger partial charge is 0.253 e. The van der Waals surface area contributed by atoms with Gasteiger partial charge >= 0.3 is 0 Å². The molecular weight excluding hydrogens is 170 g/mol. The summed E-state index contributed by atoms with van der Waals surface area (Å²) in [6.45, 7) is 8.15. The molecule has 1 heteroatoms. The lowest BCUT2D eigenvalue weighted by Gasteiger charge is -2.01. The summed E-state index contributed by atoms with van der Waals surface area (Å²) in [6.07, 6.45) is 0. The highest BCUT2D eigenvalue weighted by molar-refractivity contribution is 5.81. The van der Waals surface area contributed by atoms with Gasteiger partial charge in [0.2, 0.25) is 0 Å². The zero-order chi connectivity index (χ0) is 10.6. The van der Waals surface area contributed by atoms with E-state index in [0.717, 1.165) is 11.2 Å². The molecule has 0 spiro atoms. The predicted octanol–water partition coefficient (Wildman–Crippen LogP) is 3.88. The SMILES string of the molecule is CC.Cc1cc(C)c2ccccc2n1. The Labute approximate surface area is 85.8 Å². The molecule has 0 saturated heterocycles. The molecule has 14 heavy (non-hydrogen) atoms. The van der Waals surface area contributed by atoms with Crippen molar-refractivity contribution in [1.29, 1.82) is 0 Å². The molecule has 0 N–H and O–H groups in total. The van der Waals surface area contributed by atoms with E-state index in [2.05, 4.69) is 30.1 Å². The van der Waals surface area contributed by atoms with Crippen LogP contribution in [0.15, 0.2) is 30.3 Å². The van der Waals surface area contributed by atoms with Crippen LogP contribution in [0, 0.1) is 13.8 Å². The van der Waals surface area contributed by atoms with Crippen LogP contribution in [-0.4, -0.2) is 4.98 Å². The number of hydrogen-bond acceptors (Lipinski definition) is 1. The highest BCUT2D eigenvalue weighted by Gasteiger charge is 1.97. The second-order valence-electron chi connectivity index (χ2n) is 3.10. The Morgan fingerprint density at radius 1 is 1.00 bits per heavy atom. The summed E-state index contributed by atoms with van der Waals surface area (Å²) in [4.78, 5) is 4.44. The normalized spacial score (nSPS) is 9.43. The van der Waals surface area contributed by atoms with Crippen molar-refractivity contribution in [3.8, 4) is 0 Å². The fourth-order valence-corrected chi connectivity index (χ4v) is 1.52. The van der Waals surface area contributed by atoms with Gasteiger partial charge in [0.1, 0.15) is 0 Å². The Morgan fingerprint density at radius 2 is 1.64 bits per heavy atom. The van der Waals surface area contributed by atoms with Crippen LogP contribution in [-0.2, 0) is 0 Å². The molecule has 0 radical (unpaired) electrons. The molecule has 0 aliphatic rings. The van der Waals surface area contributed by atoms with Crippen molar-refractivity contribution in [2.45, 2.75) is 27.7 Å².